The molecule has 1 aromatic rings. The fraction of sp³-hybridized carbons (Fsp3) is 0.222. The highest BCUT2D eigenvalue weighted by Crippen LogP contribution is 2.07. The summed E-state index contributed by atoms with van der Waals surface area (Å²) in [7, 11) is 0. The maximum atomic E-state index is 11.1. The highest BCUT2D eigenvalue weighted by atomic mass is 79.9. The number of alkyl halides is 1. The maximum Gasteiger partial charge on any atom is 0.173 e. The molecule has 0 spiro atoms. The average Bonchev–Trinajstić information content (AvgIpc) is 2.17. The molecule has 63 valence electrons. The SMILES string of the molecule is [O]Cc1cccc(C(=O)CBr)c1. The third kappa shape index (κ3) is 2.16. The number of hydrogen-bond donors (Lipinski definition) is 0. The third-order valence-corrected chi connectivity index (χ3v) is 2.05. The largest absolute Gasteiger partial charge is 0.293 e. The molecule has 0 saturated heterocycles. The van der Waals surface area contributed by atoms with Crippen molar-refractivity contribution in [2.24, 2.45) is 0 Å². The molecule has 2 nitrogen and oxygen atoms in total. The zero-order valence-corrected chi connectivity index (χ0v) is 8.00. The van der Waals surface area contributed by atoms with Crippen LogP contribution in [0.1, 0.15) is 15.9 Å². The van der Waals surface area contributed by atoms with Crippen molar-refractivity contribution in [3.05, 3.63) is 35.4 Å². The average molecular weight is 228 g/mol. The molecule has 0 unspecified atom stereocenters. The van der Waals surface area contributed by atoms with E-state index in [4.69, 9.17) is 0 Å². The fourth-order valence-electron chi connectivity index (χ4n) is 0.912. The monoisotopic (exact) mass is 227 g/mol. The lowest BCUT2D eigenvalue weighted by atomic mass is 10.1. The van der Waals surface area contributed by atoms with Crippen LogP contribution in [0.2, 0.25) is 0 Å². The Kier molecular flexibility index (Phi) is 3.44. The van der Waals surface area contributed by atoms with Crippen LogP contribution in [0.25, 0.3) is 0 Å². The van der Waals surface area contributed by atoms with Crippen LogP contribution in [-0.4, -0.2) is 11.1 Å². The second-order valence-corrected chi connectivity index (χ2v) is 2.96. The van der Waals surface area contributed by atoms with Crippen molar-refractivity contribution in [2.45, 2.75) is 6.61 Å². The molecular weight excluding hydrogens is 220 g/mol. The number of rotatable bonds is 3. The summed E-state index contributed by atoms with van der Waals surface area (Å²) in [5, 5.41) is 10.8. The molecule has 0 saturated carbocycles. The van der Waals surface area contributed by atoms with Crippen LogP contribution in [0, 0.1) is 0 Å². The van der Waals surface area contributed by atoms with E-state index >= 15 is 0 Å². The van der Waals surface area contributed by atoms with Gasteiger partial charge in [-0.1, -0.05) is 34.1 Å². The first-order chi connectivity index (χ1) is 5.77. The molecule has 12 heavy (non-hydrogen) atoms. The van der Waals surface area contributed by atoms with E-state index < -0.39 is 0 Å². The maximum absolute atomic E-state index is 11.1. The van der Waals surface area contributed by atoms with Crippen LogP contribution in [0.3, 0.4) is 0 Å². The van der Waals surface area contributed by atoms with E-state index in [1.165, 1.54) is 0 Å². The quantitative estimate of drug-likeness (QED) is 0.577. The molecule has 0 aliphatic rings. The van der Waals surface area contributed by atoms with Gasteiger partial charge in [-0.25, -0.2) is 5.11 Å². The third-order valence-electron chi connectivity index (χ3n) is 1.54. The van der Waals surface area contributed by atoms with Gasteiger partial charge in [-0.2, -0.15) is 0 Å². The number of hydrogen-bond acceptors (Lipinski definition) is 1. The van der Waals surface area contributed by atoms with Crippen molar-refractivity contribution < 1.29 is 9.90 Å². The predicted molar refractivity (Wildman–Crippen MR) is 49.0 cm³/mol. The molecule has 0 amide bonds. The van der Waals surface area contributed by atoms with Gasteiger partial charge >= 0.3 is 0 Å². The van der Waals surface area contributed by atoms with Crippen LogP contribution < -0.4 is 0 Å². The first-order valence-electron chi connectivity index (χ1n) is 3.54. The molecule has 0 aromatic heterocycles. The molecule has 1 radical (unpaired) electrons. The molecule has 0 N–H and O–H groups in total. The molecule has 0 fully saturated rings. The van der Waals surface area contributed by atoms with Gasteiger partial charge in [-0.3, -0.25) is 4.79 Å². The number of benzene rings is 1. The Balaban J connectivity index is 2.93. The topological polar surface area (TPSA) is 37.0 Å². The van der Waals surface area contributed by atoms with Crippen molar-refractivity contribution in [2.75, 3.05) is 5.33 Å². The van der Waals surface area contributed by atoms with E-state index in [1.54, 1.807) is 24.3 Å². The zero-order valence-electron chi connectivity index (χ0n) is 6.42. The van der Waals surface area contributed by atoms with Gasteiger partial charge in [0, 0.05) is 5.56 Å². The minimum Gasteiger partial charge on any atom is -0.293 e. The van der Waals surface area contributed by atoms with E-state index in [9.17, 15) is 9.90 Å². The number of ketones is 1. The summed E-state index contributed by atoms with van der Waals surface area (Å²) >= 11 is 3.07. The molecule has 0 atom stereocenters. The second-order valence-electron chi connectivity index (χ2n) is 2.40. The van der Waals surface area contributed by atoms with Crippen LogP contribution in [0.5, 0.6) is 0 Å². The van der Waals surface area contributed by atoms with Gasteiger partial charge in [-0.05, 0) is 11.6 Å². The lowest BCUT2D eigenvalue weighted by Crippen LogP contribution is -2.00. The van der Waals surface area contributed by atoms with Gasteiger partial charge in [0.25, 0.3) is 0 Å². The number of Topliss-reactive ketones (excluding diaryl/α,β-unsaturated/α-hetero) is 1. The zero-order chi connectivity index (χ0) is 8.97. The Labute approximate surface area is 79.3 Å². The van der Waals surface area contributed by atoms with Gasteiger partial charge in [0.1, 0.15) is 6.61 Å². The fourth-order valence-corrected chi connectivity index (χ4v) is 1.24. The van der Waals surface area contributed by atoms with E-state index in [0.717, 1.165) is 0 Å². The van der Waals surface area contributed by atoms with Crippen molar-refractivity contribution in [1.29, 1.82) is 0 Å². The summed E-state index contributed by atoms with van der Waals surface area (Å²) in [5.74, 6) is 0.00491. The minimum absolute atomic E-state index is 0.00491. The summed E-state index contributed by atoms with van der Waals surface area (Å²) in [6.45, 7) is -0.274. The van der Waals surface area contributed by atoms with Gasteiger partial charge < -0.3 is 0 Å². The standard InChI is InChI=1S/C9H8BrO2/c10-5-9(12)8-3-1-2-7(4-8)6-11/h1-4H,5-6H2. The lowest BCUT2D eigenvalue weighted by Gasteiger charge is -1.98. The first-order valence-corrected chi connectivity index (χ1v) is 4.66. The van der Waals surface area contributed by atoms with Crippen LogP contribution in [-0.2, 0) is 11.7 Å². The summed E-state index contributed by atoms with van der Waals surface area (Å²) in [6, 6.07) is 6.79. The predicted octanol–water partition coefficient (Wildman–Crippen LogP) is 2.19. The van der Waals surface area contributed by atoms with E-state index in [2.05, 4.69) is 15.9 Å². The van der Waals surface area contributed by atoms with Gasteiger partial charge in [0.15, 0.2) is 5.78 Å². The molecule has 1 rings (SSSR count). The number of halogens is 1. The van der Waals surface area contributed by atoms with Crippen molar-refractivity contribution in [1.82, 2.24) is 0 Å². The Morgan fingerprint density at radius 1 is 1.42 bits per heavy atom. The van der Waals surface area contributed by atoms with Gasteiger partial charge in [0.2, 0.25) is 0 Å². The first kappa shape index (κ1) is 9.42. The highest BCUT2D eigenvalue weighted by Gasteiger charge is 2.03. The van der Waals surface area contributed by atoms with Gasteiger partial charge in [0.05, 0.1) is 5.33 Å². The number of carbonyl (C=O) groups is 1. The van der Waals surface area contributed by atoms with Crippen molar-refractivity contribution in [3.8, 4) is 0 Å². The molecular formula is C9H8BrO2. The smallest absolute Gasteiger partial charge is 0.173 e. The Bertz CT molecular complexity index is 284. The van der Waals surface area contributed by atoms with Crippen molar-refractivity contribution >= 4 is 21.7 Å². The van der Waals surface area contributed by atoms with Crippen LogP contribution in [0.4, 0.5) is 0 Å². The Morgan fingerprint density at radius 2 is 2.17 bits per heavy atom. The Hall–Kier alpha value is -0.670. The molecule has 0 aliphatic carbocycles. The molecule has 0 aliphatic heterocycles. The molecule has 0 bridgehead atoms. The summed E-state index contributed by atoms with van der Waals surface area (Å²) in [5.41, 5.74) is 1.25. The van der Waals surface area contributed by atoms with E-state index in [1.807, 2.05) is 0 Å². The second kappa shape index (κ2) is 4.38. The lowest BCUT2D eigenvalue weighted by molar-refractivity contribution is 0.102. The van der Waals surface area contributed by atoms with Crippen LogP contribution in [0.15, 0.2) is 24.3 Å². The summed E-state index contributed by atoms with van der Waals surface area (Å²) in [6.07, 6.45) is 0. The summed E-state index contributed by atoms with van der Waals surface area (Å²) < 4.78 is 0. The Morgan fingerprint density at radius 3 is 2.75 bits per heavy atom. The molecule has 1 aromatic carbocycles. The highest BCUT2D eigenvalue weighted by molar-refractivity contribution is 9.09. The van der Waals surface area contributed by atoms with Gasteiger partial charge in [-0.15, -0.1) is 0 Å². The molecule has 3 heteroatoms. The van der Waals surface area contributed by atoms with Crippen LogP contribution >= 0.6 is 15.9 Å². The number of carbonyl (C=O) groups excluding carboxylic acids is 1. The van der Waals surface area contributed by atoms with Crippen molar-refractivity contribution in [3.63, 3.8) is 0 Å². The summed E-state index contributed by atoms with van der Waals surface area (Å²) in [4.78, 5) is 11.1. The molecule has 0 heterocycles. The normalized spacial score (nSPS) is 9.83. The van der Waals surface area contributed by atoms with E-state index in [-0.39, 0.29) is 12.4 Å². The van der Waals surface area contributed by atoms with E-state index in [0.29, 0.717) is 16.5 Å². The minimum atomic E-state index is -0.274.